The average molecular weight is 371 g/mol. The third-order valence-corrected chi connectivity index (χ3v) is 5.29. The van der Waals surface area contributed by atoms with Crippen molar-refractivity contribution in [2.24, 2.45) is 0 Å². The summed E-state index contributed by atoms with van der Waals surface area (Å²) in [7, 11) is 0. The molecular weight excluding hydrogens is 345 g/mol. The van der Waals surface area contributed by atoms with Gasteiger partial charge in [-0.25, -0.2) is 14.4 Å². The van der Waals surface area contributed by atoms with Gasteiger partial charge in [-0.15, -0.1) is 0 Å². The Morgan fingerprint density at radius 1 is 1.19 bits per heavy atom. The van der Waals surface area contributed by atoms with Crippen LogP contribution in [0.3, 0.4) is 0 Å². The van der Waals surface area contributed by atoms with Crippen LogP contribution in [0, 0.1) is 5.82 Å². The molecule has 144 valence electrons. The van der Waals surface area contributed by atoms with E-state index in [1.165, 1.54) is 0 Å². The number of nitrogens with zero attached hydrogens (tertiary/aromatic N) is 4. The Labute approximate surface area is 159 Å². The fourth-order valence-electron chi connectivity index (χ4n) is 3.96. The molecule has 1 atom stereocenters. The molecule has 0 saturated carbocycles. The largest absolute Gasteiger partial charge is 0.464 e. The van der Waals surface area contributed by atoms with Gasteiger partial charge in [-0.2, -0.15) is 0 Å². The maximum absolute atomic E-state index is 14.5. The minimum Gasteiger partial charge on any atom is -0.464 e. The molecule has 7 heteroatoms. The Bertz CT molecular complexity index is 798. The van der Waals surface area contributed by atoms with Gasteiger partial charge in [-0.05, 0) is 38.0 Å². The highest BCUT2D eigenvalue weighted by molar-refractivity contribution is 5.61. The first-order valence-corrected chi connectivity index (χ1v) is 9.64. The van der Waals surface area contributed by atoms with Crippen LogP contribution in [0.25, 0.3) is 0 Å². The van der Waals surface area contributed by atoms with E-state index in [2.05, 4.69) is 32.0 Å². The van der Waals surface area contributed by atoms with E-state index in [4.69, 9.17) is 4.74 Å². The molecule has 0 aliphatic carbocycles. The number of fused-ring (bicyclic) bond motifs is 1. The number of anilines is 2. The molecule has 1 saturated heterocycles. The lowest BCUT2D eigenvalue weighted by Gasteiger charge is -2.38. The third-order valence-electron chi connectivity index (χ3n) is 5.29. The zero-order chi connectivity index (χ0) is 18.8. The number of hydrogen-bond donors (Lipinski definition) is 1. The molecular formula is C20H26FN5O. The molecule has 1 aromatic carbocycles. The smallest absolute Gasteiger partial charge is 0.316 e. The molecule has 27 heavy (non-hydrogen) atoms. The monoisotopic (exact) mass is 371 g/mol. The number of halogens is 1. The molecule has 0 spiro atoms. The lowest BCUT2D eigenvalue weighted by Crippen LogP contribution is -2.50. The van der Waals surface area contributed by atoms with Crippen molar-refractivity contribution in [3.8, 4) is 6.01 Å². The summed E-state index contributed by atoms with van der Waals surface area (Å²) in [6.45, 7) is 8.88. The minimum atomic E-state index is -0.0977. The number of piperazine rings is 1. The maximum atomic E-state index is 14.5. The van der Waals surface area contributed by atoms with Gasteiger partial charge in [0, 0.05) is 50.0 Å². The molecule has 2 aliphatic heterocycles. The molecule has 0 bridgehead atoms. The Balaban J connectivity index is 1.61. The highest BCUT2D eigenvalue weighted by atomic mass is 19.1. The van der Waals surface area contributed by atoms with Gasteiger partial charge in [-0.1, -0.05) is 0 Å². The van der Waals surface area contributed by atoms with E-state index in [0.29, 0.717) is 31.6 Å². The second-order valence-corrected chi connectivity index (χ2v) is 7.15. The molecule has 6 nitrogen and oxygen atoms in total. The molecule has 1 fully saturated rings. The van der Waals surface area contributed by atoms with E-state index in [0.717, 1.165) is 48.7 Å². The second-order valence-electron chi connectivity index (χ2n) is 7.15. The van der Waals surface area contributed by atoms with E-state index in [1.807, 2.05) is 13.0 Å². The summed E-state index contributed by atoms with van der Waals surface area (Å²) in [5.74, 6) is -0.0977. The first-order chi connectivity index (χ1) is 13.2. The van der Waals surface area contributed by atoms with E-state index in [9.17, 15) is 4.39 Å². The van der Waals surface area contributed by atoms with Crippen LogP contribution in [0.15, 0.2) is 24.5 Å². The molecule has 1 N–H and O–H groups in total. The van der Waals surface area contributed by atoms with Crippen molar-refractivity contribution in [1.82, 2.24) is 15.3 Å². The van der Waals surface area contributed by atoms with E-state index in [1.54, 1.807) is 18.5 Å². The number of ether oxygens (including phenoxy) is 1. The highest BCUT2D eigenvalue weighted by Gasteiger charge is 2.26. The summed E-state index contributed by atoms with van der Waals surface area (Å²) >= 11 is 0. The number of hydrogen-bond acceptors (Lipinski definition) is 6. The van der Waals surface area contributed by atoms with Gasteiger partial charge >= 0.3 is 6.01 Å². The van der Waals surface area contributed by atoms with Crippen LogP contribution in [-0.2, 0) is 13.0 Å². The fourth-order valence-corrected chi connectivity index (χ4v) is 3.96. The van der Waals surface area contributed by atoms with E-state index < -0.39 is 0 Å². The normalized spacial score (nSPS) is 19.7. The fraction of sp³-hybridized carbons (Fsp3) is 0.500. The molecule has 2 aromatic rings. The molecule has 1 unspecified atom stereocenters. The van der Waals surface area contributed by atoms with Crippen molar-refractivity contribution >= 4 is 11.4 Å². The van der Waals surface area contributed by atoms with Gasteiger partial charge in [0.25, 0.3) is 0 Å². The summed E-state index contributed by atoms with van der Waals surface area (Å²) in [6, 6.07) is 4.37. The van der Waals surface area contributed by atoms with Crippen LogP contribution in [0.4, 0.5) is 15.8 Å². The van der Waals surface area contributed by atoms with Crippen molar-refractivity contribution in [2.75, 3.05) is 42.6 Å². The average Bonchev–Trinajstić information content (AvgIpc) is 2.69. The number of benzene rings is 1. The first-order valence-electron chi connectivity index (χ1n) is 9.64. The van der Waals surface area contributed by atoms with Crippen LogP contribution in [-0.4, -0.2) is 48.8 Å². The zero-order valence-electron chi connectivity index (χ0n) is 15.9. The molecule has 4 rings (SSSR count). The van der Waals surface area contributed by atoms with Gasteiger partial charge in [-0.3, -0.25) is 0 Å². The predicted octanol–water partition coefficient (Wildman–Crippen LogP) is 2.38. The van der Waals surface area contributed by atoms with Crippen molar-refractivity contribution in [3.05, 3.63) is 41.5 Å². The summed E-state index contributed by atoms with van der Waals surface area (Å²) < 4.78 is 19.8. The first kappa shape index (κ1) is 18.0. The number of rotatable bonds is 4. The lowest BCUT2D eigenvalue weighted by atomic mass is 9.96. The van der Waals surface area contributed by atoms with Gasteiger partial charge in [0.15, 0.2) is 0 Å². The van der Waals surface area contributed by atoms with Crippen LogP contribution in [0.5, 0.6) is 6.01 Å². The molecule has 0 radical (unpaired) electrons. The van der Waals surface area contributed by atoms with E-state index >= 15 is 0 Å². The number of nitrogens with one attached hydrogen (secondary N) is 1. The quantitative estimate of drug-likeness (QED) is 0.891. The standard InChI is InChI=1S/C20H26FN5O/c1-3-27-20-23-10-15(11-24-20)25-8-6-16-17(13-25)19(5-4-18(16)21)26-9-7-22-14(2)12-26/h4-5,10-11,14,22H,3,6-9,12-13H2,1-2H3. The van der Waals surface area contributed by atoms with Crippen molar-refractivity contribution in [2.45, 2.75) is 32.9 Å². The maximum Gasteiger partial charge on any atom is 0.316 e. The molecule has 3 heterocycles. The van der Waals surface area contributed by atoms with Crippen LogP contribution >= 0.6 is 0 Å². The summed E-state index contributed by atoms with van der Waals surface area (Å²) in [6.07, 6.45) is 4.26. The second kappa shape index (κ2) is 7.68. The van der Waals surface area contributed by atoms with Crippen molar-refractivity contribution < 1.29 is 9.13 Å². The molecule has 2 aliphatic rings. The van der Waals surface area contributed by atoms with E-state index in [-0.39, 0.29) is 5.82 Å². The predicted molar refractivity (Wildman–Crippen MR) is 104 cm³/mol. The number of aromatic nitrogens is 2. The lowest BCUT2D eigenvalue weighted by molar-refractivity contribution is 0.312. The van der Waals surface area contributed by atoms with Gasteiger partial charge < -0.3 is 19.9 Å². The van der Waals surface area contributed by atoms with Crippen LogP contribution in [0.2, 0.25) is 0 Å². The molecule has 1 aromatic heterocycles. The summed E-state index contributed by atoms with van der Waals surface area (Å²) in [5, 5.41) is 3.47. The Morgan fingerprint density at radius 2 is 2.00 bits per heavy atom. The minimum absolute atomic E-state index is 0.0977. The molecule has 0 amide bonds. The Hall–Kier alpha value is -2.41. The SMILES string of the molecule is CCOc1ncc(N2CCc3c(F)ccc(N4CCNC(C)C4)c3C2)cn1. The van der Waals surface area contributed by atoms with Gasteiger partial charge in [0.2, 0.25) is 0 Å². The topological polar surface area (TPSA) is 53.5 Å². The summed E-state index contributed by atoms with van der Waals surface area (Å²) in [5.41, 5.74) is 4.02. The van der Waals surface area contributed by atoms with Gasteiger partial charge in [0.1, 0.15) is 5.82 Å². The highest BCUT2D eigenvalue weighted by Crippen LogP contribution is 2.33. The van der Waals surface area contributed by atoms with Crippen LogP contribution < -0.4 is 19.9 Å². The third kappa shape index (κ3) is 3.69. The van der Waals surface area contributed by atoms with Crippen LogP contribution in [0.1, 0.15) is 25.0 Å². The zero-order valence-corrected chi connectivity index (χ0v) is 15.9. The Morgan fingerprint density at radius 3 is 2.74 bits per heavy atom. The summed E-state index contributed by atoms with van der Waals surface area (Å²) in [4.78, 5) is 13.1. The van der Waals surface area contributed by atoms with Crippen molar-refractivity contribution in [3.63, 3.8) is 0 Å². The van der Waals surface area contributed by atoms with Crippen molar-refractivity contribution in [1.29, 1.82) is 0 Å². The Kier molecular flexibility index (Phi) is 5.11. The van der Waals surface area contributed by atoms with Gasteiger partial charge in [0.05, 0.1) is 24.7 Å².